The maximum Gasteiger partial charge on any atom is 0.115 e. The van der Waals surface area contributed by atoms with E-state index in [0.29, 0.717) is 11.8 Å². The van der Waals surface area contributed by atoms with Gasteiger partial charge in [0, 0.05) is 6.04 Å². The van der Waals surface area contributed by atoms with Gasteiger partial charge < -0.3 is 5.11 Å². The molecule has 0 fully saturated rings. The molecule has 2 nitrogen and oxygen atoms in total. The first kappa shape index (κ1) is 13.4. The van der Waals surface area contributed by atoms with Gasteiger partial charge in [-0.25, -0.2) is 0 Å². The minimum absolute atomic E-state index is 0.402. The summed E-state index contributed by atoms with van der Waals surface area (Å²) in [6.45, 7) is 5.71. The largest absolute Gasteiger partial charge is 0.508 e. The van der Waals surface area contributed by atoms with Gasteiger partial charge >= 0.3 is 0 Å². The van der Waals surface area contributed by atoms with Crippen molar-refractivity contribution in [3.63, 3.8) is 0 Å². The summed E-state index contributed by atoms with van der Waals surface area (Å²) in [5.41, 5.74) is 2.76. The van der Waals surface area contributed by atoms with E-state index in [4.69, 9.17) is 0 Å². The van der Waals surface area contributed by atoms with Gasteiger partial charge in [0.2, 0.25) is 0 Å². The maximum absolute atomic E-state index is 9.58. The minimum atomic E-state index is 0.402. The maximum atomic E-state index is 9.58. The Hall–Kier alpha value is -1.02. The number of phenols is 1. The van der Waals surface area contributed by atoms with Crippen LogP contribution in [0.3, 0.4) is 0 Å². The number of hydrogen-bond donors (Lipinski definition) is 1. The van der Waals surface area contributed by atoms with E-state index in [9.17, 15) is 5.11 Å². The lowest BCUT2D eigenvalue weighted by Crippen LogP contribution is -2.29. The molecule has 2 heteroatoms. The predicted molar refractivity (Wildman–Crippen MR) is 75.9 cm³/mol. The molecule has 1 aliphatic carbocycles. The van der Waals surface area contributed by atoms with Crippen molar-refractivity contribution in [2.45, 2.75) is 45.6 Å². The lowest BCUT2D eigenvalue weighted by molar-refractivity contribution is 0.210. The van der Waals surface area contributed by atoms with Crippen molar-refractivity contribution in [2.75, 3.05) is 13.6 Å². The Labute approximate surface area is 111 Å². The molecule has 0 bridgehead atoms. The molecule has 0 amide bonds. The van der Waals surface area contributed by atoms with E-state index < -0.39 is 0 Å². The SMILES string of the molecule is CC(C)CCN(C)C1CCCc2cc(O)ccc21. The van der Waals surface area contributed by atoms with E-state index in [2.05, 4.69) is 31.9 Å². The Morgan fingerprint density at radius 3 is 2.89 bits per heavy atom. The minimum Gasteiger partial charge on any atom is -0.508 e. The molecule has 0 saturated heterocycles. The average Bonchev–Trinajstić information content (AvgIpc) is 2.34. The molecule has 1 aliphatic rings. The normalized spacial score (nSPS) is 19.3. The highest BCUT2D eigenvalue weighted by atomic mass is 16.3. The Morgan fingerprint density at radius 1 is 1.39 bits per heavy atom. The summed E-state index contributed by atoms with van der Waals surface area (Å²) in [7, 11) is 2.23. The third kappa shape index (κ3) is 3.05. The van der Waals surface area contributed by atoms with Crippen LogP contribution in [0.2, 0.25) is 0 Å². The molecule has 0 aliphatic heterocycles. The molecule has 1 aromatic rings. The van der Waals surface area contributed by atoms with Gasteiger partial charge in [-0.1, -0.05) is 19.9 Å². The molecule has 0 heterocycles. The van der Waals surface area contributed by atoms with E-state index in [1.165, 1.54) is 30.4 Å². The highest BCUT2D eigenvalue weighted by molar-refractivity contribution is 5.38. The van der Waals surface area contributed by atoms with E-state index >= 15 is 0 Å². The number of fused-ring (bicyclic) bond motifs is 1. The van der Waals surface area contributed by atoms with Crippen molar-refractivity contribution in [3.05, 3.63) is 29.3 Å². The lowest BCUT2D eigenvalue weighted by atomic mass is 9.86. The number of hydrogen-bond acceptors (Lipinski definition) is 2. The van der Waals surface area contributed by atoms with Gasteiger partial charge in [-0.3, -0.25) is 4.90 Å². The molecule has 100 valence electrons. The zero-order valence-corrected chi connectivity index (χ0v) is 11.8. The Kier molecular flexibility index (Phi) is 4.28. The molecule has 1 aromatic carbocycles. The molecular formula is C16H25NO. The zero-order chi connectivity index (χ0) is 13.1. The first-order valence-electron chi connectivity index (χ1n) is 7.10. The van der Waals surface area contributed by atoms with Gasteiger partial charge in [-0.05, 0) is 68.5 Å². The number of rotatable bonds is 4. The second-order valence-electron chi connectivity index (χ2n) is 5.95. The average molecular weight is 247 g/mol. The lowest BCUT2D eigenvalue weighted by Gasteiger charge is -2.33. The van der Waals surface area contributed by atoms with Crippen LogP contribution in [-0.2, 0) is 6.42 Å². The molecule has 0 aromatic heterocycles. The number of nitrogens with zero attached hydrogens (tertiary/aromatic N) is 1. The van der Waals surface area contributed by atoms with Gasteiger partial charge in [-0.15, -0.1) is 0 Å². The summed E-state index contributed by atoms with van der Waals surface area (Å²) in [4.78, 5) is 2.48. The molecule has 18 heavy (non-hydrogen) atoms. The van der Waals surface area contributed by atoms with Crippen LogP contribution in [0, 0.1) is 5.92 Å². The van der Waals surface area contributed by atoms with Crippen molar-refractivity contribution in [2.24, 2.45) is 5.92 Å². The molecule has 0 saturated carbocycles. The van der Waals surface area contributed by atoms with Crippen molar-refractivity contribution < 1.29 is 5.11 Å². The fourth-order valence-corrected chi connectivity index (χ4v) is 2.85. The van der Waals surface area contributed by atoms with Gasteiger partial charge in [0.15, 0.2) is 0 Å². The smallest absolute Gasteiger partial charge is 0.115 e. The van der Waals surface area contributed by atoms with Gasteiger partial charge in [0.05, 0.1) is 0 Å². The van der Waals surface area contributed by atoms with E-state index in [0.717, 1.165) is 18.9 Å². The predicted octanol–water partition coefficient (Wildman–Crippen LogP) is 3.75. The van der Waals surface area contributed by atoms with Crippen LogP contribution in [0.25, 0.3) is 0 Å². The standard InChI is InChI=1S/C16H25NO/c1-12(2)9-10-17(3)16-6-4-5-13-11-14(18)7-8-15(13)16/h7-8,11-12,16,18H,4-6,9-10H2,1-3H3. The van der Waals surface area contributed by atoms with Crippen LogP contribution in [0.5, 0.6) is 5.75 Å². The second-order valence-corrected chi connectivity index (χ2v) is 5.95. The van der Waals surface area contributed by atoms with E-state index in [1.54, 1.807) is 0 Å². The zero-order valence-electron chi connectivity index (χ0n) is 11.8. The van der Waals surface area contributed by atoms with Crippen LogP contribution in [0.15, 0.2) is 18.2 Å². The van der Waals surface area contributed by atoms with Crippen molar-refractivity contribution in [1.82, 2.24) is 4.90 Å². The highest BCUT2D eigenvalue weighted by Crippen LogP contribution is 2.35. The molecule has 1 unspecified atom stereocenters. The first-order chi connectivity index (χ1) is 8.58. The number of phenolic OH excluding ortho intramolecular Hbond substituents is 1. The summed E-state index contributed by atoms with van der Waals surface area (Å²) < 4.78 is 0. The van der Waals surface area contributed by atoms with Crippen molar-refractivity contribution in [3.8, 4) is 5.75 Å². The molecule has 0 radical (unpaired) electrons. The van der Waals surface area contributed by atoms with Crippen molar-refractivity contribution >= 4 is 0 Å². The number of benzene rings is 1. The quantitative estimate of drug-likeness (QED) is 0.876. The van der Waals surface area contributed by atoms with Crippen molar-refractivity contribution in [1.29, 1.82) is 0 Å². The Balaban J connectivity index is 2.11. The van der Waals surface area contributed by atoms with Crippen LogP contribution < -0.4 is 0 Å². The molecular weight excluding hydrogens is 222 g/mol. The van der Waals surface area contributed by atoms with E-state index in [-0.39, 0.29) is 0 Å². The summed E-state index contributed by atoms with van der Waals surface area (Å²) in [6, 6.07) is 6.42. The third-order valence-electron chi connectivity index (χ3n) is 4.00. The molecule has 0 spiro atoms. The monoisotopic (exact) mass is 247 g/mol. The van der Waals surface area contributed by atoms with Crippen LogP contribution in [0.1, 0.15) is 50.3 Å². The number of aromatic hydroxyl groups is 1. The summed E-state index contributed by atoms with van der Waals surface area (Å²) in [5.74, 6) is 1.16. The summed E-state index contributed by atoms with van der Waals surface area (Å²) in [6.07, 6.45) is 4.83. The molecule has 2 rings (SSSR count). The van der Waals surface area contributed by atoms with Crippen LogP contribution in [0.4, 0.5) is 0 Å². The molecule has 1 N–H and O–H groups in total. The highest BCUT2D eigenvalue weighted by Gasteiger charge is 2.23. The second kappa shape index (κ2) is 5.75. The van der Waals surface area contributed by atoms with Gasteiger partial charge in [0.1, 0.15) is 5.75 Å². The third-order valence-corrected chi connectivity index (χ3v) is 4.00. The van der Waals surface area contributed by atoms with Gasteiger partial charge in [-0.2, -0.15) is 0 Å². The Morgan fingerprint density at radius 2 is 2.17 bits per heavy atom. The fourth-order valence-electron chi connectivity index (χ4n) is 2.85. The summed E-state index contributed by atoms with van der Waals surface area (Å²) >= 11 is 0. The van der Waals surface area contributed by atoms with Crippen LogP contribution in [-0.4, -0.2) is 23.6 Å². The topological polar surface area (TPSA) is 23.5 Å². The van der Waals surface area contributed by atoms with E-state index in [1.807, 2.05) is 12.1 Å². The molecule has 1 atom stereocenters. The Bertz CT molecular complexity index is 400. The first-order valence-corrected chi connectivity index (χ1v) is 7.10. The van der Waals surface area contributed by atoms with Gasteiger partial charge in [0.25, 0.3) is 0 Å². The summed E-state index contributed by atoms with van der Waals surface area (Å²) in [5, 5.41) is 9.58. The fraction of sp³-hybridized carbons (Fsp3) is 0.625. The number of aryl methyl sites for hydroxylation is 1. The van der Waals surface area contributed by atoms with Crippen LogP contribution >= 0.6 is 0 Å².